The minimum atomic E-state index is -3.35. The van der Waals surface area contributed by atoms with Crippen LogP contribution in [-0.4, -0.2) is 56.3 Å². The topological polar surface area (TPSA) is 62.7 Å². The van der Waals surface area contributed by atoms with Gasteiger partial charge in [-0.1, -0.05) is 0 Å². The molecule has 0 radical (unpaired) electrons. The first-order valence-corrected chi connectivity index (χ1v) is 9.01. The Bertz CT molecular complexity index is 599. The van der Waals surface area contributed by atoms with Crippen LogP contribution in [0, 0.1) is 0 Å². The number of pyridine rings is 1. The Hall–Kier alpha value is -1.34. The number of aromatic nitrogens is 1. The van der Waals surface area contributed by atoms with Crippen molar-refractivity contribution in [2.24, 2.45) is 0 Å². The molecule has 21 heavy (non-hydrogen) atoms. The molecule has 0 N–H and O–H groups in total. The molecule has 1 saturated heterocycles. The maximum atomic E-state index is 12.7. The second-order valence-corrected chi connectivity index (χ2v) is 7.66. The SMILES string of the molecule is CC1CN(S(=O)(=O)CCN2CCCC2)c2cccnc2O1. The van der Waals surface area contributed by atoms with Crippen LogP contribution < -0.4 is 9.04 Å². The number of anilines is 1. The highest BCUT2D eigenvalue weighted by atomic mass is 32.2. The summed E-state index contributed by atoms with van der Waals surface area (Å²) < 4.78 is 32.4. The lowest BCUT2D eigenvalue weighted by Crippen LogP contribution is -2.45. The van der Waals surface area contributed by atoms with Gasteiger partial charge in [0.1, 0.15) is 11.8 Å². The first kappa shape index (κ1) is 14.6. The second kappa shape index (κ2) is 5.81. The van der Waals surface area contributed by atoms with E-state index in [1.54, 1.807) is 18.3 Å². The van der Waals surface area contributed by atoms with E-state index in [0.717, 1.165) is 13.1 Å². The number of ether oxygens (including phenoxy) is 1. The normalized spacial score (nSPS) is 22.9. The highest BCUT2D eigenvalue weighted by Crippen LogP contribution is 2.32. The summed E-state index contributed by atoms with van der Waals surface area (Å²) in [5.41, 5.74) is 0.553. The van der Waals surface area contributed by atoms with Gasteiger partial charge in [0.15, 0.2) is 0 Å². The van der Waals surface area contributed by atoms with Gasteiger partial charge in [-0.3, -0.25) is 4.31 Å². The zero-order valence-corrected chi connectivity index (χ0v) is 13.1. The van der Waals surface area contributed by atoms with Crippen molar-refractivity contribution in [2.75, 3.05) is 36.2 Å². The zero-order chi connectivity index (χ0) is 14.9. The number of nitrogens with zero attached hydrogens (tertiary/aromatic N) is 3. The molecule has 0 aliphatic carbocycles. The summed E-state index contributed by atoms with van der Waals surface area (Å²) in [6.45, 7) is 4.83. The first-order chi connectivity index (χ1) is 10.1. The molecule has 1 unspecified atom stereocenters. The first-order valence-electron chi connectivity index (χ1n) is 7.41. The predicted molar refractivity (Wildman–Crippen MR) is 81.1 cm³/mol. The molecule has 3 rings (SSSR count). The van der Waals surface area contributed by atoms with E-state index in [2.05, 4.69) is 9.88 Å². The van der Waals surface area contributed by atoms with Crippen molar-refractivity contribution >= 4 is 15.7 Å². The van der Waals surface area contributed by atoms with Gasteiger partial charge in [-0.25, -0.2) is 13.4 Å². The number of sulfonamides is 1. The molecule has 2 aliphatic rings. The summed E-state index contributed by atoms with van der Waals surface area (Å²) in [6, 6.07) is 3.49. The monoisotopic (exact) mass is 311 g/mol. The van der Waals surface area contributed by atoms with Crippen LogP contribution in [0.2, 0.25) is 0 Å². The van der Waals surface area contributed by atoms with Gasteiger partial charge in [-0.2, -0.15) is 0 Å². The van der Waals surface area contributed by atoms with Crippen molar-refractivity contribution in [1.82, 2.24) is 9.88 Å². The lowest BCUT2D eigenvalue weighted by atomic mass is 10.3. The largest absolute Gasteiger partial charge is 0.471 e. The lowest BCUT2D eigenvalue weighted by Gasteiger charge is -2.33. The molecule has 1 aromatic rings. The van der Waals surface area contributed by atoms with E-state index >= 15 is 0 Å². The summed E-state index contributed by atoms with van der Waals surface area (Å²) in [6.07, 6.45) is 3.77. The van der Waals surface area contributed by atoms with Crippen LogP contribution in [0.15, 0.2) is 18.3 Å². The quantitative estimate of drug-likeness (QED) is 0.833. The summed E-state index contributed by atoms with van der Waals surface area (Å²) in [5.74, 6) is 0.551. The molecule has 0 spiro atoms. The molecule has 0 amide bonds. The lowest BCUT2D eigenvalue weighted by molar-refractivity contribution is 0.210. The molecule has 0 bridgehead atoms. The average molecular weight is 311 g/mol. The molecule has 3 heterocycles. The molecular weight excluding hydrogens is 290 g/mol. The van der Waals surface area contributed by atoms with E-state index in [1.807, 2.05) is 6.92 Å². The van der Waals surface area contributed by atoms with Gasteiger partial charge in [0.2, 0.25) is 15.9 Å². The zero-order valence-electron chi connectivity index (χ0n) is 12.2. The molecule has 1 aromatic heterocycles. The fourth-order valence-corrected chi connectivity index (χ4v) is 4.43. The molecule has 7 heteroatoms. The van der Waals surface area contributed by atoms with Gasteiger partial charge >= 0.3 is 0 Å². The van der Waals surface area contributed by atoms with Crippen LogP contribution in [0.5, 0.6) is 5.88 Å². The van der Waals surface area contributed by atoms with Crippen LogP contribution in [0.1, 0.15) is 19.8 Å². The van der Waals surface area contributed by atoms with Gasteiger partial charge < -0.3 is 9.64 Å². The van der Waals surface area contributed by atoms with Gasteiger partial charge in [0, 0.05) is 12.7 Å². The van der Waals surface area contributed by atoms with Gasteiger partial charge in [-0.15, -0.1) is 0 Å². The van der Waals surface area contributed by atoms with Crippen molar-refractivity contribution in [3.05, 3.63) is 18.3 Å². The molecule has 6 nitrogen and oxygen atoms in total. The van der Waals surface area contributed by atoms with E-state index in [-0.39, 0.29) is 11.9 Å². The standard InChI is InChI=1S/C14H21N3O3S/c1-12-11-17(13-5-4-6-15-14(13)20-12)21(18,19)10-9-16-7-2-3-8-16/h4-6,12H,2-3,7-11H2,1H3. The minimum absolute atomic E-state index is 0.147. The van der Waals surface area contributed by atoms with Crippen molar-refractivity contribution in [3.63, 3.8) is 0 Å². The third-order valence-corrected chi connectivity index (χ3v) is 5.67. The van der Waals surface area contributed by atoms with Crippen molar-refractivity contribution in [2.45, 2.75) is 25.9 Å². The van der Waals surface area contributed by atoms with Gasteiger partial charge in [-0.05, 0) is 45.0 Å². The third-order valence-electron chi connectivity index (χ3n) is 3.96. The number of hydrogen-bond acceptors (Lipinski definition) is 5. The van der Waals surface area contributed by atoms with E-state index in [4.69, 9.17) is 4.74 Å². The molecule has 1 fully saturated rings. The van der Waals surface area contributed by atoms with Crippen LogP contribution >= 0.6 is 0 Å². The minimum Gasteiger partial charge on any atom is -0.471 e. The molecule has 0 saturated carbocycles. The number of hydrogen-bond donors (Lipinski definition) is 0. The molecular formula is C14H21N3O3S. The Morgan fingerprint density at radius 1 is 1.38 bits per heavy atom. The Morgan fingerprint density at radius 2 is 2.14 bits per heavy atom. The Balaban J connectivity index is 1.78. The summed E-state index contributed by atoms with van der Waals surface area (Å²) >= 11 is 0. The third kappa shape index (κ3) is 3.13. The van der Waals surface area contributed by atoms with Gasteiger partial charge in [0.05, 0.1) is 12.3 Å². The highest BCUT2D eigenvalue weighted by Gasteiger charge is 2.32. The Kier molecular flexibility index (Phi) is 4.03. The van der Waals surface area contributed by atoms with Crippen LogP contribution in [-0.2, 0) is 10.0 Å². The smallest absolute Gasteiger partial charge is 0.238 e. The molecule has 116 valence electrons. The van der Waals surface area contributed by atoms with E-state index in [0.29, 0.717) is 24.7 Å². The average Bonchev–Trinajstić information content (AvgIpc) is 2.97. The van der Waals surface area contributed by atoms with Crippen LogP contribution in [0.4, 0.5) is 5.69 Å². The van der Waals surface area contributed by atoms with E-state index in [9.17, 15) is 8.42 Å². The predicted octanol–water partition coefficient (Wildman–Crippen LogP) is 1.09. The Morgan fingerprint density at radius 3 is 2.90 bits per heavy atom. The molecule has 2 aliphatic heterocycles. The molecule has 1 atom stereocenters. The van der Waals surface area contributed by atoms with Crippen molar-refractivity contribution < 1.29 is 13.2 Å². The number of rotatable bonds is 4. The summed E-state index contributed by atoms with van der Waals surface area (Å²) in [5, 5.41) is 0. The van der Waals surface area contributed by atoms with E-state index in [1.165, 1.54) is 17.1 Å². The van der Waals surface area contributed by atoms with E-state index < -0.39 is 10.0 Å². The molecule has 0 aromatic carbocycles. The van der Waals surface area contributed by atoms with Gasteiger partial charge in [0.25, 0.3) is 0 Å². The fraction of sp³-hybridized carbons (Fsp3) is 0.643. The highest BCUT2D eigenvalue weighted by molar-refractivity contribution is 7.92. The maximum absolute atomic E-state index is 12.7. The Labute approximate surface area is 125 Å². The maximum Gasteiger partial charge on any atom is 0.238 e. The number of fused-ring (bicyclic) bond motifs is 1. The van der Waals surface area contributed by atoms with Crippen LogP contribution in [0.25, 0.3) is 0 Å². The summed E-state index contributed by atoms with van der Waals surface area (Å²) in [7, 11) is -3.35. The second-order valence-electron chi connectivity index (χ2n) is 5.65. The van der Waals surface area contributed by atoms with Crippen LogP contribution in [0.3, 0.4) is 0 Å². The summed E-state index contributed by atoms with van der Waals surface area (Å²) in [4.78, 5) is 6.35. The van der Waals surface area contributed by atoms with Crippen molar-refractivity contribution in [1.29, 1.82) is 0 Å². The fourth-order valence-electron chi connectivity index (χ4n) is 2.85. The van der Waals surface area contributed by atoms with Crippen molar-refractivity contribution in [3.8, 4) is 5.88 Å². The number of likely N-dealkylation sites (tertiary alicyclic amines) is 1.